The number of hydrazone groups is 1. The van der Waals surface area contributed by atoms with Gasteiger partial charge >= 0.3 is 0 Å². The number of benzene rings is 2. The number of nitrogens with one attached hydrogen (secondary N) is 1. The Morgan fingerprint density at radius 3 is 2.91 bits per heavy atom. The monoisotopic (exact) mass is 326 g/mol. The molecule has 0 radical (unpaired) electrons. The van der Waals surface area contributed by atoms with Crippen LogP contribution in [0.3, 0.4) is 0 Å². The Bertz CT molecular complexity index is 885. The number of nitrogens with zero attached hydrogens (tertiary/aromatic N) is 3. The zero-order chi connectivity index (χ0) is 16.2. The molecule has 0 fully saturated rings. The highest BCUT2D eigenvalue weighted by Gasteiger charge is 2.10. The van der Waals surface area contributed by atoms with E-state index in [9.17, 15) is 4.79 Å². The quantitative estimate of drug-likeness (QED) is 0.592. The molecule has 0 aliphatic heterocycles. The molecule has 6 heteroatoms. The van der Waals surface area contributed by atoms with Gasteiger partial charge in [-0.25, -0.2) is 10.4 Å². The number of amides is 1. The van der Waals surface area contributed by atoms with Gasteiger partial charge in [0.15, 0.2) is 0 Å². The zero-order valence-electron chi connectivity index (χ0n) is 12.5. The van der Waals surface area contributed by atoms with Crippen LogP contribution in [0.15, 0.2) is 53.6 Å². The van der Waals surface area contributed by atoms with Crippen molar-refractivity contribution in [1.29, 1.82) is 0 Å². The van der Waals surface area contributed by atoms with Gasteiger partial charge in [-0.05, 0) is 29.8 Å². The number of carbonyl (C=O) groups excluding carboxylic acids is 1. The number of hydrogen-bond donors (Lipinski definition) is 1. The van der Waals surface area contributed by atoms with Gasteiger partial charge in [-0.2, -0.15) is 5.10 Å². The Balaban J connectivity index is 1.66. The highest BCUT2D eigenvalue weighted by Crippen LogP contribution is 2.14. The second-order valence-electron chi connectivity index (χ2n) is 5.10. The predicted octanol–water partition coefficient (Wildman–Crippen LogP) is 2.92. The number of aromatic nitrogens is 2. The maximum Gasteiger partial charge on any atom is 0.247 e. The molecule has 116 valence electrons. The largest absolute Gasteiger partial charge is 0.331 e. The third-order valence-corrected chi connectivity index (χ3v) is 3.69. The van der Waals surface area contributed by atoms with E-state index in [2.05, 4.69) is 15.5 Å². The molecule has 5 nitrogen and oxygen atoms in total. The van der Waals surface area contributed by atoms with Gasteiger partial charge in [0.1, 0.15) is 5.82 Å². The molecule has 0 aliphatic carbocycles. The van der Waals surface area contributed by atoms with Crippen LogP contribution in [-0.2, 0) is 18.3 Å². The van der Waals surface area contributed by atoms with Crippen molar-refractivity contribution in [2.75, 3.05) is 0 Å². The standard InChI is InChI=1S/C17H15ClN4O/c1-22-15-8-3-2-7-14(15)20-16(22)10-17(23)21-19-11-12-5-4-6-13(18)9-12/h2-9,11H,10H2,1H3,(H,21,23)/b19-11+. The summed E-state index contributed by atoms with van der Waals surface area (Å²) in [5.41, 5.74) is 5.20. The molecule has 1 amide bonds. The third kappa shape index (κ3) is 3.57. The molecule has 0 unspecified atom stereocenters. The van der Waals surface area contributed by atoms with Gasteiger partial charge in [-0.3, -0.25) is 4.79 Å². The lowest BCUT2D eigenvalue weighted by Gasteiger charge is -2.01. The maximum absolute atomic E-state index is 12.0. The number of carbonyl (C=O) groups is 1. The predicted molar refractivity (Wildman–Crippen MR) is 91.6 cm³/mol. The highest BCUT2D eigenvalue weighted by molar-refractivity contribution is 6.30. The van der Waals surface area contributed by atoms with Gasteiger partial charge in [0.25, 0.3) is 0 Å². The number of imidazole rings is 1. The molecule has 3 rings (SSSR count). The van der Waals surface area contributed by atoms with E-state index in [1.165, 1.54) is 0 Å². The van der Waals surface area contributed by atoms with Crippen molar-refractivity contribution in [3.8, 4) is 0 Å². The molecule has 0 aliphatic rings. The minimum Gasteiger partial charge on any atom is -0.331 e. The van der Waals surface area contributed by atoms with E-state index in [0.29, 0.717) is 10.8 Å². The van der Waals surface area contributed by atoms with E-state index in [0.717, 1.165) is 16.6 Å². The summed E-state index contributed by atoms with van der Waals surface area (Å²) in [5, 5.41) is 4.57. The van der Waals surface area contributed by atoms with Crippen LogP contribution in [0.2, 0.25) is 5.02 Å². The van der Waals surface area contributed by atoms with Crippen molar-refractivity contribution < 1.29 is 4.79 Å². The van der Waals surface area contributed by atoms with E-state index in [4.69, 9.17) is 11.6 Å². The molecule has 1 heterocycles. The van der Waals surface area contributed by atoms with Crippen LogP contribution >= 0.6 is 11.6 Å². The number of aryl methyl sites for hydroxylation is 1. The lowest BCUT2D eigenvalue weighted by atomic mass is 10.2. The molecule has 23 heavy (non-hydrogen) atoms. The van der Waals surface area contributed by atoms with Crippen LogP contribution in [0.25, 0.3) is 11.0 Å². The van der Waals surface area contributed by atoms with Gasteiger partial charge in [0, 0.05) is 12.1 Å². The fraction of sp³-hybridized carbons (Fsp3) is 0.118. The van der Waals surface area contributed by atoms with Crippen molar-refractivity contribution in [2.45, 2.75) is 6.42 Å². The lowest BCUT2D eigenvalue weighted by Crippen LogP contribution is -2.21. The second-order valence-corrected chi connectivity index (χ2v) is 5.54. The molecular formula is C17H15ClN4O. The Labute approximate surface area is 138 Å². The molecule has 0 bridgehead atoms. The van der Waals surface area contributed by atoms with Crippen LogP contribution < -0.4 is 5.43 Å². The molecule has 0 saturated heterocycles. The van der Waals surface area contributed by atoms with Gasteiger partial charge in [0.05, 0.1) is 23.7 Å². The van der Waals surface area contributed by atoms with E-state index in [1.54, 1.807) is 18.3 Å². The summed E-state index contributed by atoms with van der Waals surface area (Å²) in [4.78, 5) is 16.5. The summed E-state index contributed by atoms with van der Waals surface area (Å²) in [7, 11) is 1.90. The highest BCUT2D eigenvalue weighted by atomic mass is 35.5. The summed E-state index contributed by atoms with van der Waals surface area (Å²) < 4.78 is 1.91. The van der Waals surface area contributed by atoms with Crippen molar-refractivity contribution in [3.63, 3.8) is 0 Å². The Morgan fingerprint density at radius 2 is 2.13 bits per heavy atom. The van der Waals surface area contributed by atoms with E-state index in [-0.39, 0.29) is 12.3 Å². The summed E-state index contributed by atoms with van der Waals surface area (Å²) in [6, 6.07) is 15.0. The Kier molecular flexibility index (Phi) is 4.39. The molecule has 3 aromatic rings. The lowest BCUT2D eigenvalue weighted by molar-refractivity contribution is -0.120. The normalized spacial score (nSPS) is 11.2. The minimum atomic E-state index is -0.221. The summed E-state index contributed by atoms with van der Waals surface area (Å²) >= 11 is 5.89. The first-order valence-electron chi connectivity index (χ1n) is 7.11. The SMILES string of the molecule is Cn1c(CC(=O)N/N=C/c2cccc(Cl)c2)nc2ccccc21. The van der Waals surface area contributed by atoms with E-state index in [1.807, 2.05) is 48.0 Å². The number of halogens is 1. The Morgan fingerprint density at radius 1 is 1.30 bits per heavy atom. The topological polar surface area (TPSA) is 59.3 Å². The van der Waals surface area contributed by atoms with Gasteiger partial charge in [-0.1, -0.05) is 35.9 Å². The average Bonchev–Trinajstić information content (AvgIpc) is 2.84. The molecular weight excluding hydrogens is 312 g/mol. The first-order valence-corrected chi connectivity index (χ1v) is 7.49. The summed E-state index contributed by atoms with van der Waals surface area (Å²) in [6.07, 6.45) is 1.72. The number of hydrogen-bond acceptors (Lipinski definition) is 3. The van der Waals surface area contributed by atoms with Gasteiger partial charge < -0.3 is 4.57 Å². The molecule has 1 aromatic heterocycles. The number of fused-ring (bicyclic) bond motifs is 1. The number of rotatable bonds is 4. The summed E-state index contributed by atoms with van der Waals surface area (Å²) in [5.74, 6) is 0.475. The fourth-order valence-corrected chi connectivity index (χ4v) is 2.50. The van der Waals surface area contributed by atoms with Crippen molar-refractivity contribution in [3.05, 3.63) is 64.9 Å². The van der Waals surface area contributed by atoms with Crippen molar-refractivity contribution in [1.82, 2.24) is 15.0 Å². The van der Waals surface area contributed by atoms with Crippen LogP contribution in [-0.4, -0.2) is 21.7 Å². The number of para-hydroxylation sites is 2. The maximum atomic E-state index is 12.0. The molecule has 0 saturated carbocycles. The average molecular weight is 327 g/mol. The van der Waals surface area contributed by atoms with Crippen LogP contribution in [0, 0.1) is 0 Å². The second kappa shape index (κ2) is 6.62. The molecule has 2 aromatic carbocycles. The molecule has 1 N–H and O–H groups in total. The van der Waals surface area contributed by atoms with Crippen molar-refractivity contribution >= 4 is 34.8 Å². The van der Waals surface area contributed by atoms with Crippen LogP contribution in [0.4, 0.5) is 0 Å². The van der Waals surface area contributed by atoms with Crippen LogP contribution in [0.1, 0.15) is 11.4 Å². The van der Waals surface area contributed by atoms with Gasteiger partial charge in [-0.15, -0.1) is 0 Å². The van der Waals surface area contributed by atoms with Crippen LogP contribution in [0.5, 0.6) is 0 Å². The Hall–Kier alpha value is -2.66. The molecule has 0 spiro atoms. The third-order valence-electron chi connectivity index (χ3n) is 3.45. The summed E-state index contributed by atoms with van der Waals surface area (Å²) in [6.45, 7) is 0. The first-order chi connectivity index (χ1) is 11.1. The van der Waals surface area contributed by atoms with E-state index >= 15 is 0 Å². The minimum absolute atomic E-state index is 0.165. The van der Waals surface area contributed by atoms with Gasteiger partial charge in [0.2, 0.25) is 5.91 Å². The van der Waals surface area contributed by atoms with Crippen molar-refractivity contribution in [2.24, 2.45) is 12.1 Å². The van der Waals surface area contributed by atoms with E-state index < -0.39 is 0 Å². The fourth-order valence-electron chi connectivity index (χ4n) is 2.30. The first kappa shape index (κ1) is 15.2. The molecule has 0 atom stereocenters. The smallest absolute Gasteiger partial charge is 0.247 e. The zero-order valence-corrected chi connectivity index (χ0v) is 13.3.